The van der Waals surface area contributed by atoms with Crippen molar-refractivity contribution in [1.29, 1.82) is 0 Å². The summed E-state index contributed by atoms with van der Waals surface area (Å²) in [4.78, 5) is 0. The molecule has 0 bridgehead atoms. The highest BCUT2D eigenvalue weighted by atomic mass is 31.1. The smallest absolute Gasteiger partial charge is 0.0138 e. The maximum absolute atomic E-state index is 3.84. The van der Waals surface area contributed by atoms with Crippen molar-refractivity contribution in [2.24, 2.45) is 0 Å². The molecule has 1 heteroatoms. The van der Waals surface area contributed by atoms with Crippen LogP contribution in [0.2, 0.25) is 0 Å². The van der Waals surface area contributed by atoms with Crippen molar-refractivity contribution < 1.29 is 0 Å². The average Bonchev–Trinajstić information content (AvgIpc) is 1.77. The first kappa shape index (κ1) is 12.2. The van der Waals surface area contributed by atoms with E-state index in [9.17, 15) is 0 Å². The van der Waals surface area contributed by atoms with Crippen LogP contribution in [-0.4, -0.2) is 16.5 Å². The van der Waals surface area contributed by atoms with Crippen LogP contribution >= 0.6 is 7.92 Å². The molecule has 0 aliphatic carbocycles. The molecule has 0 fully saturated rings. The maximum atomic E-state index is 3.84. The molecule has 12 heavy (non-hydrogen) atoms. The predicted octanol–water partition coefficient (Wildman–Crippen LogP) is 4.25. The molecule has 0 saturated heterocycles. The van der Waals surface area contributed by atoms with Crippen LogP contribution in [0.5, 0.6) is 0 Å². The zero-order valence-corrected chi connectivity index (χ0v) is 10.3. The van der Waals surface area contributed by atoms with Gasteiger partial charge in [-0.15, -0.1) is 6.58 Å². The highest BCUT2D eigenvalue weighted by Crippen LogP contribution is 2.58. The van der Waals surface area contributed by atoms with Crippen LogP contribution in [0.15, 0.2) is 12.7 Å². The fourth-order valence-corrected chi connectivity index (χ4v) is 5.05. The fraction of sp³-hybridized carbons (Fsp3) is 0.818. The lowest BCUT2D eigenvalue weighted by Gasteiger charge is -2.41. The van der Waals surface area contributed by atoms with Crippen molar-refractivity contribution in [3.63, 3.8) is 0 Å². The lowest BCUT2D eigenvalue weighted by molar-refractivity contribution is 0.707. The third-order valence-electron chi connectivity index (χ3n) is 1.93. The SMILES string of the molecule is C=CCP(C(C)(C)C)C(C)(C)C. The molecule has 0 radical (unpaired) electrons. The van der Waals surface area contributed by atoms with E-state index in [1.807, 2.05) is 0 Å². The van der Waals surface area contributed by atoms with Crippen molar-refractivity contribution in [2.45, 2.75) is 51.9 Å². The van der Waals surface area contributed by atoms with E-state index in [0.717, 1.165) is 0 Å². The van der Waals surface area contributed by atoms with Crippen LogP contribution in [-0.2, 0) is 0 Å². The van der Waals surface area contributed by atoms with Crippen LogP contribution in [0, 0.1) is 0 Å². The van der Waals surface area contributed by atoms with Crippen LogP contribution < -0.4 is 0 Å². The van der Waals surface area contributed by atoms with E-state index >= 15 is 0 Å². The van der Waals surface area contributed by atoms with E-state index in [0.29, 0.717) is 10.3 Å². The zero-order valence-electron chi connectivity index (χ0n) is 9.44. The number of allylic oxidation sites excluding steroid dienone is 1. The van der Waals surface area contributed by atoms with Crippen molar-refractivity contribution in [1.82, 2.24) is 0 Å². The summed E-state index contributed by atoms with van der Waals surface area (Å²) in [6.07, 6.45) is 3.25. The Morgan fingerprint density at radius 3 is 1.42 bits per heavy atom. The molecular weight excluding hydrogens is 163 g/mol. The molecule has 0 nitrogen and oxygen atoms in total. The van der Waals surface area contributed by atoms with E-state index in [4.69, 9.17) is 0 Å². The first-order chi connectivity index (χ1) is 5.19. The van der Waals surface area contributed by atoms with Crippen molar-refractivity contribution in [2.75, 3.05) is 6.16 Å². The summed E-state index contributed by atoms with van der Waals surface area (Å²) in [7, 11) is 0.0391. The summed E-state index contributed by atoms with van der Waals surface area (Å²) in [6.45, 7) is 17.9. The van der Waals surface area contributed by atoms with E-state index in [1.54, 1.807) is 0 Å². The fourth-order valence-electron chi connectivity index (χ4n) is 1.68. The second-order valence-corrected chi connectivity index (χ2v) is 9.15. The number of hydrogen-bond donors (Lipinski definition) is 0. The molecule has 0 atom stereocenters. The molecule has 0 aromatic rings. The monoisotopic (exact) mass is 186 g/mol. The number of hydrogen-bond acceptors (Lipinski definition) is 0. The Kier molecular flexibility index (Phi) is 3.97. The van der Waals surface area contributed by atoms with Gasteiger partial charge in [0.25, 0.3) is 0 Å². The lowest BCUT2D eigenvalue weighted by atomic mass is 10.2. The largest absolute Gasteiger partial charge is 0.103 e. The Balaban J connectivity index is 4.56. The summed E-state index contributed by atoms with van der Waals surface area (Å²) in [5.74, 6) is 0. The Labute approximate surface area is 79.2 Å². The maximum Gasteiger partial charge on any atom is -0.0138 e. The molecule has 0 N–H and O–H groups in total. The minimum absolute atomic E-state index is 0.0391. The summed E-state index contributed by atoms with van der Waals surface area (Å²) in [6, 6.07) is 0. The van der Waals surface area contributed by atoms with Gasteiger partial charge in [-0.2, -0.15) is 0 Å². The summed E-state index contributed by atoms with van der Waals surface area (Å²) >= 11 is 0. The van der Waals surface area contributed by atoms with Gasteiger partial charge < -0.3 is 0 Å². The molecule has 0 aliphatic rings. The van der Waals surface area contributed by atoms with Gasteiger partial charge in [0.2, 0.25) is 0 Å². The molecule has 0 saturated carbocycles. The number of rotatable bonds is 2. The van der Waals surface area contributed by atoms with Gasteiger partial charge in [0.15, 0.2) is 0 Å². The molecular formula is C11H23P. The second kappa shape index (κ2) is 3.92. The molecule has 0 spiro atoms. The molecule has 0 amide bonds. The van der Waals surface area contributed by atoms with Crippen LogP contribution in [0.3, 0.4) is 0 Å². The first-order valence-corrected chi connectivity index (χ1v) is 6.11. The molecule has 0 rings (SSSR count). The van der Waals surface area contributed by atoms with E-state index in [1.165, 1.54) is 6.16 Å². The van der Waals surface area contributed by atoms with Crippen LogP contribution in [0.4, 0.5) is 0 Å². The van der Waals surface area contributed by atoms with Crippen molar-refractivity contribution >= 4 is 7.92 Å². The third kappa shape index (κ3) is 3.72. The lowest BCUT2D eigenvalue weighted by Crippen LogP contribution is -2.26. The molecule has 0 heterocycles. The molecule has 72 valence electrons. The topological polar surface area (TPSA) is 0 Å². The van der Waals surface area contributed by atoms with E-state index < -0.39 is 0 Å². The van der Waals surface area contributed by atoms with Gasteiger partial charge in [-0.05, 0) is 16.5 Å². The van der Waals surface area contributed by atoms with Crippen LogP contribution in [0.25, 0.3) is 0 Å². The van der Waals surface area contributed by atoms with Gasteiger partial charge in [-0.1, -0.05) is 55.5 Å². The van der Waals surface area contributed by atoms with E-state index in [2.05, 4.69) is 54.2 Å². The highest BCUT2D eigenvalue weighted by Gasteiger charge is 2.32. The minimum atomic E-state index is 0.0391. The van der Waals surface area contributed by atoms with Gasteiger partial charge in [-0.25, -0.2) is 0 Å². The zero-order chi connectivity index (χ0) is 9.99. The van der Waals surface area contributed by atoms with Gasteiger partial charge in [-0.3, -0.25) is 0 Å². The summed E-state index contributed by atoms with van der Waals surface area (Å²) < 4.78 is 0. The summed E-state index contributed by atoms with van der Waals surface area (Å²) in [5.41, 5.74) is 0. The average molecular weight is 186 g/mol. The normalized spacial score (nSPS) is 13.6. The highest BCUT2D eigenvalue weighted by molar-refractivity contribution is 7.61. The molecule has 0 aromatic carbocycles. The Morgan fingerprint density at radius 2 is 1.33 bits per heavy atom. The standard InChI is InChI=1S/C11H23P/c1-8-9-12(10(2,3)4)11(5,6)7/h8H,1,9H2,2-7H3. The summed E-state index contributed by atoms with van der Waals surface area (Å²) in [5, 5.41) is 0.892. The van der Waals surface area contributed by atoms with Crippen molar-refractivity contribution in [3.05, 3.63) is 12.7 Å². The Hall–Kier alpha value is 0.170. The predicted molar refractivity (Wildman–Crippen MR) is 61.5 cm³/mol. The molecule has 0 aliphatic heterocycles. The Morgan fingerprint density at radius 1 is 1.00 bits per heavy atom. The quantitative estimate of drug-likeness (QED) is 0.446. The van der Waals surface area contributed by atoms with Gasteiger partial charge >= 0.3 is 0 Å². The van der Waals surface area contributed by atoms with E-state index in [-0.39, 0.29) is 7.92 Å². The third-order valence-corrected chi connectivity index (χ3v) is 5.79. The molecule has 0 aromatic heterocycles. The van der Waals surface area contributed by atoms with Gasteiger partial charge in [0, 0.05) is 0 Å². The van der Waals surface area contributed by atoms with Gasteiger partial charge in [0.05, 0.1) is 0 Å². The molecule has 0 unspecified atom stereocenters. The van der Waals surface area contributed by atoms with Gasteiger partial charge in [0.1, 0.15) is 0 Å². The second-order valence-electron chi connectivity index (χ2n) is 5.24. The first-order valence-electron chi connectivity index (χ1n) is 4.58. The van der Waals surface area contributed by atoms with Crippen molar-refractivity contribution in [3.8, 4) is 0 Å². The minimum Gasteiger partial charge on any atom is -0.103 e. The Bertz CT molecular complexity index is 131. The van der Waals surface area contributed by atoms with Crippen LogP contribution in [0.1, 0.15) is 41.5 Å².